The number of benzene rings is 1. The van der Waals surface area contributed by atoms with Crippen LogP contribution in [-0.2, 0) is 20.2 Å². The molecule has 0 aliphatic rings. The molecule has 0 atom stereocenters. The maximum atomic E-state index is 11.2. The first kappa shape index (κ1) is 17.2. The van der Waals surface area contributed by atoms with Crippen LogP contribution in [0.2, 0.25) is 0 Å². The predicted octanol–water partition coefficient (Wildman–Crippen LogP) is -2.07. The molecule has 10 nitrogen and oxygen atoms in total. The average Bonchev–Trinajstić information content (AvgIpc) is 2.79. The molecular weight excluding hydrogens is 323 g/mol. The molecule has 0 saturated carbocycles. The number of hydrogen-bond acceptors (Lipinski definition) is 6. The van der Waals surface area contributed by atoms with Crippen molar-refractivity contribution in [3.63, 3.8) is 0 Å². The fourth-order valence-electron chi connectivity index (χ4n) is 1.35. The molecule has 3 N–H and O–H groups in total. The Morgan fingerprint density at radius 3 is 2.20 bits per heavy atom. The van der Waals surface area contributed by atoms with Gasteiger partial charge >= 0.3 is 29.6 Å². The van der Waals surface area contributed by atoms with E-state index in [0.717, 1.165) is 23.1 Å². The monoisotopic (exact) mass is 331 g/mol. The van der Waals surface area contributed by atoms with E-state index in [1.165, 1.54) is 0 Å². The molecule has 0 aliphatic heterocycles. The molecule has 1 heterocycles. The van der Waals surface area contributed by atoms with Gasteiger partial charge in [0, 0.05) is 0 Å². The van der Waals surface area contributed by atoms with Gasteiger partial charge in [0.05, 0.1) is 4.90 Å². The molecule has 0 unspecified atom stereocenters. The molecule has 20 heavy (non-hydrogen) atoms. The summed E-state index contributed by atoms with van der Waals surface area (Å²) in [5.41, 5.74) is -0.111. The molecule has 0 spiro atoms. The topological polar surface area (TPSA) is 154 Å². The molecule has 1 aromatic carbocycles. The minimum atomic E-state index is -4.71. The van der Waals surface area contributed by atoms with Crippen molar-refractivity contribution in [1.29, 1.82) is 0 Å². The number of aromatic amines is 1. The van der Waals surface area contributed by atoms with E-state index in [-0.39, 0.29) is 35.2 Å². The summed E-state index contributed by atoms with van der Waals surface area (Å²) in [6.45, 7) is 0. The zero-order valence-corrected chi connectivity index (χ0v) is 10.6. The predicted molar refractivity (Wildman–Crippen MR) is 64.7 cm³/mol. The second-order valence-electron chi connectivity index (χ2n) is 3.38. The van der Waals surface area contributed by atoms with Crippen LogP contribution in [0.15, 0.2) is 34.3 Å². The Morgan fingerprint density at radius 2 is 1.75 bits per heavy atom. The molecule has 0 radical (unpaired) electrons. The number of nitrogens with zero attached hydrogens (tertiary/aromatic N) is 3. The van der Waals surface area contributed by atoms with E-state index in [1.807, 2.05) is 0 Å². The summed E-state index contributed by atoms with van der Waals surface area (Å²) >= 11 is 0. The molecule has 0 fully saturated rings. The van der Waals surface area contributed by atoms with Gasteiger partial charge in [0.2, 0.25) is 0 Å². The van der Waals surface area contributed by atoms with Gasteiger partial charge in [0.1, 0.15) is 15.7 Å². The van der Waals surface area contributed by atoms with E-state index in [2.05, 4.69) is 15.5 Å². The second-order valence-corrected chi connectivity index (χ2v) is 6.19. The first-order valence-corrected chi connectivity index (χ1v) is 7.45. The van der Waals surface area contributed by atoms with E-state index in [0.29, 0.717) is 6.07 Å². The summed E-state index contributed by atoms with van der Waals surface area (Å²) in [4.78, 5) is -1.39. The standard InChI is InChI=1S/C7H6N4O6S2.Na.H/c12-18(13,14)5-1-2-6(11-4-8-9-10-11)7(3-5)19(15,16)17;;/h1-4H,(H2,12,13,14,15,16,17);;/p+1. The van der Waals surface area contributed by atoms with Crippen LogP contribution < -0.4 is 4.68 Å². The third-order valence-electron chi connectivity index (χ3n) is 2.14. The Hall–Kier alpha value is -0.890. The van der Waals surface area contributed by atoms with Gasteiger partial charge in [-0.25, -0.2) is 0 Å². The Morgan fingerprint density at radius 1 is 1.10 bits per heavy atom. The summed E-state index contributed by atoms with van der Waals surface area (Å²) < 4.78 is 63.4. The summed E-state index contributed by atoms with van der Waals surface area (Å²) in [7, 11) is -9.31. The number of aromatic nitrogens is 4. The number of tetrazole rings is 1. The van der Waals surface area contributed by atoms with E-state index in [1.54, 1.807) is 0 Å². The van der Waals surface area contributed by atoms with Crippen LogP contribution in [-0.4, -0.2) is 71.0 Å². The number of H-pyrrole nitrogens is 1. The third kappa shape index (κ3) is 3.60. The van der Waals surface area contributed by atoms with Crippen molar-refractivity contribution < 1.29 is 30.6 Å². The molecule has 104 valence electrons. The molecule has 0 amide bonds. The van der Waals surface area contributed by atoms with Crippen molar-refractivity contribution in [2.24, 2.45) is 0 Å². The first-order chi connectivity index (χ1) is 8.69. The van der Waals surface area contributed by atoms with E-state index in [9.17, 15) is 16.8 Å². The molecule has 0 bridgehead atoms. The van der Waals surface area contributed by atoms with Gasteiger partial charge in [0.15, 0.2) is 5.21 Å². The molecule has 2 aromatic rings. The van der Waals surface area contributed by atoms with Gasteiger partial charge in [-0.05, 0) is 18.2 Å². The van der Waals surface area contributed by atoms with Crippen molar-refractivity contribution in [2.75, 3.05) is 0 Å². The summed E-state index contributed by atoms with van der Waals surface area (Å²) in [6, 6.07) is 2.65. The Balaban J connectivity index is 0.00000200. The van der Waals surface area contributed by atoms with Crippen molar-refractivity contribution in [3.05, 3.63) is 24.5 Å². The molecule has 1 aromatic heterocycles. The first-order valence-electron chi connectivity index (χ1n) is 4.57. The molecule has 13 heteroatoms. The quantitative estimate of drug-likeness (QED) is 0.329. The van der Waals surface area contributed by atoms with Crippen molar-refractivity contribution in [1.82, 2.24) is 15.5 Å². The van der Waals surface area contributed by atoms with E-state index in [4.69, 9.17) is 9.11 Å². The average molecular weight is 331 g/mol. The second kappa shape index (κ2) is 5.85. The minimum absolute atomic E-state index is 0. The normalized spacial score (nSPS) is 11.9. The Labute approximate surface area is 135 Å². The van der Waals surface area contributed by atoms with E-state index < -0.39 is 30.0 Å². The van der Waals surface area contributed by atoms with Crippen LogP contribution in [0.25, 0.3) is 5.69 Å². The third-order valence-corrected chi connectivity index (χ3v) is 3.88. The zero-order chi connectivity index (χ0) is 14.3. The van der Waals surface area contributed by atoms with Crippen molar-refractivity contribution >= 4 is 49.8 Å². The zero-order valence-electron chi connectivity index (χ0n) is 8.99. The molecular formula is C7H8N4NaO6S2+. The van der Waals surface area contributed by atoms with Gasteiger partial charge in [-0.2, -0.15) is 16.8 Å². The van der Waals surface area contributed by atoms with Crippen molar-refractivity contribution in [3.8, 4) is 5.69 Å². The maximum absolute atomic E-state index is 11.2. The van der Waals surface area contributed by atoms with Gasteiger partial charge < -0.3 is 0 Å². The fourth-order valence-corrected chi connectivity index (χ4v) is 2.64. The Bertz CT molecular complexity index is 817. The van der Waals surface area contributed by atoms with E-state index >= 15 is 0 Å². The molecule has 0 aliphatic carbocycles. The van der Waals surface area contributed by atoms with Crippen LogP contribution in [0.3, 0.4) is 0 Å². The number of rotatable bonds is 3. The summed E-state index contributed by atoms with van der Waals surface area (Å²) in [6.07, 6.45) is 1.11. The number of nitrogens with one attached hydrogen (secondary N) is 1. The van der Waals surface area contributed by atoms with Crippen LogP contribution in [0, 0.1) is 0 Å². The Kier molecular flexibility index (Phi) is 5.02. The SMILES string of the molecule is O=S(=O)(O)c1ccc(-[n+]2cnn[nH]2)c(S(=O)(=O)O)c1.[NaH]. The van der Waals surface area contributed by atoms with Gasteiger partial charge in [-0.15, -0.1) is 4.68 Å². The van der Waals surface area contributed by atoms with Crippen LogP contribution in [0.4, 0.5) is 0 Å². The molecule has 2 rings (SSSR count). The van der Waals surface area contributed by atoms with Gasteiger partial charge in [-0.1, -0.05) is 5.21 Å². The van der Waals surface area contributed by atoms with Gasteiger partial charge in [0.25, 0.3) is 26.6 Å². The number of hydrogen-bond donors (Lipinski definition) is 3. The summed E-state index contributed by atoms with van der Waals surface area (Å²) in [5.74, 6) is 0. The van der Waals surface area contributed by atoms with Crippen molar-refractivity contribution in [2.45, 2.75) is 9.79 Å². The molecule has 0 saturated heterocycles. The van der Waals surface area contributed by atoms with Gasteiger partial charge in [-0.3, -0.25) is 9.11 Å². The fraction of sp³-hybridized carbons (Fsp3) is 0. The van der Waals surface area contributed by atoms with Crippen LogP contribution in [0.1, 0.15) is 0 Å². The summed E-state index contributed by atoms with van der Waals surface area (Å²) in [5, 5.41) is 9.04. The van der Waals surface area contributed by atoms with Crippen LogP contribution in [0.5, 0.6) is 0 Å². The van der Waals surface area contributed by atoms with Crippen LogP contribution >= 0.6 is 0 Å².